The molecule has 2 aliphatic rings. The van der Waals surface area contributed by atoms with Crippen molar-refractivity contribution in [1.29, 1.82) is 0 Å². The molecule has 1 heterocycles. The van der Waals surface area contributed by atoms with Gasteiger partial charge in [0.1, 0.15) is 16.2 Å². The Hall–Kier alpha value is -0.980. The van der Waals surface area contributed by atoms with Crippen LogP contribution >= 0.6 is 24.4 Å². The zero-order valence-electron chi connectivity index (χ0n) is 18.8. The molecule has 2 fully saturated rings. The molecule has 1 aliphatic carbocycles. The summed E-state index contributed by atoms with van der Waals surface area (Å²) in [6.45, 7) is 10.9. The van der Waals surface area contributed by atoms with Crippen LogP contribution in [0.3, 0.4) is 0 Å². The third-order valence-corrected chi connectivity index (χ3v) is 8.25. The van der Waals surface area contributed by atoms with Crippen LogP contribution in [0.5, 0.6) is 0 Å². The van der Waals surface area contributed by atoms with Crippen molar-refractivity contribution in [2.75, 3.05) is 6.61 Å². The lowest BCUT2D eigenvalue weighted by Crippen LogP contribution is -2.59. The number of carbonyl (C=O) groups is 2. The number of thiol groups is 1. The van der Waals surface area contributed by atoms with E-state index in [4.69, 9.17) is 17.4 Å². The summed E-state index contributed by atoms with van der Waals surface area (Å²) >= 11 is 6.42. The summed E-state index contributed by atoms with van der Waals surface area (Å²) in [5.74, 6) is 0.828. The minimum atomic E-state index is -0.901. The Morgan fingerprint density at radius 2 is 1.97 bits per heavy atom. The first-order chi connectivity index (χ1) is 14.0. The van der Waals surface area contributed by atoms with Gasteiger partial charge >= 0.3 is 0 Å². The lowest BCUT2D eigenvalue weighted by Gasteiger charge is -2.34. The van der Waals surface area contributed by atoms with Gasteiger partial charge < -0.3 is 10.1 Å². The number of amides is 1. The van der Waals surface area contributed by atoms with E-state index in [1.807, 2.05) is 0 Å². The number of carbonyl (C=O) groups excluding carboxylic acids is 2. The van der Waals surface area contributed by atoms with Crippen molar-refractivity contribution in [3.8, 4) is 0 Å². The van der Waals surface area contributed by atoms with Crippen LogP contribution in [0.25, 0.3) is 0 Å². The van der Waals surface area contributed by atoms with Crippen LogP contribution in [0.4, 0.5) is 0 Å². The van der Waals surface area contributed by atoms with Crippen LogP contribution in [-0.2, 0) is 25.5 Å². The highest BCUT2D eigenvalue weighted by molar-refractivity contribution is 8.12. The molecule has 1 saturated carbocycles. The number of thioether (sulfide) groups is 1. The fourth-order valence-electron chi connectivity index (χ4n) is 4.41. The third kappa shape index (κ3) is 4.91. The summed E-state index contributed by atoms with van der Waals surface area (Å²) in [7, 11) is 0. The van der Waals surface area contributed by atoms with Crippen LogP contribution in [-0.4, -0.2) is 34.0 Å². The molecule has 1 N–H and O–H groups in total. The lowest BCUT2D eigenvalue weighted by atomic mass is 9.87. The summed E-state index contributed by atoms with van der Waals surface area (Å²) in [6.07, 6.45) is 2.81. The fourth-order valence-corrected chi connectivity index (χ4v) is 6.26. The maximum atomic E-state index is 13.4. The van der Waals surface area contributed by atoms with E-state index in [1.165, 1.54) is 11.1 Å². The van der Waals surface area contributed by atoms with Gasteiger partial charge in [-0.05, 0) is 48.1 Å². The SMILES string of the molecule is CC(C)C[C@@](S)(SCc1ccc(C(C)(C)C)cc1)C(=O)N[C@]12CCC[C@H]1OCC2=O. The molecule has 0 radical (unpaired) electrons. The Morgan fingerprint density at radius 1 is 1.30 bits per heavy atom. The van der Waals surface area contributed by atoms with E-state index in [-0.39, 0.29) is 29.8 Å². The minimum absolute atomic E-state index is 0.00125. The number of nitrogens with one attached hydrogen (secondary N) is 1. The number of Topliss-reactive ketones (excluding diaryl/α,β-unsaturated/α-hetero) is 1. The molecule has 30 heavy (non-hydrogen) atoms. The monoisotopic (exact) mass is 449 g/mol. The Kier molecular flexibility index (Phi) is 7.00. The number of benzene rings is 1. The summed E-state index contributed by atoms with van der Waals surface area (Å²) in [5, 5.41) is 3.10. The summed E-state index contributed by atoms with van der Waals surface area (Å²) in [5.41, 5.74) is 1.72. The van der Waals surface area contributed by atoms with Crippen molar-refractivity contribution in [2.24, 2.45) is 5.92 Å². The van der Waals surface area contributed by atoms with E-state index in [0.717, 1.165) is 12.8 Å². The summed E-state index contributed by atoms with van der Waals surface area (Å²) < 4.78 is 4.76. The molecule has 3 rings (SSSR count). The molecule has 0 spiro atoms. The van der Waals surface area contributed by atoms with Gasteiger partial charge in [-0.3, -0.25) is 9.59 Å². The number of fused-ring (bicyclic) bond motifs is 1. The molecule has 3 atom stereocenters. The van der Waals surface area contributed by atoms with Crippen molar-refractivity contribution in [3.05, 3.63) is 35.4 Å². The molecule has 0 unspecified atom stereocenters. The average molecular weight is 450 g/mol. The molecular formula is C24H35NO3S2. The molecule has 0 bridgehead atoms. The van der Waals surface area contributed by atoms with E-state index in [9.17, 15) is 9.59 Å². The quantitative estimate of drug-likeness (QED) is 0.459. The number of ether oxygens (including phenoxy) is 1. The van der Waals surface area contributed by atoms with E-state index in [0.29, 0.717) is 24.5 Å². The molecule has 1 aliphatic heterocycles. The zero-order chi connectivity index (χ0) is 22.2. The zero-order valence-corrected chi connectivity index (χ0v) is 20.5. The first-order valence-electron chi connectivity index (χ1n) is 10.9. The first kappa shape index (κ1) is 23.7. The van der Waals surface area contributed by atoms with E-state index in [2.05, 4.69) is 64.2 Å². The lowest BCUT2D eigenvalue weighted by molar-refractivity contribution is -0.130. The second-order valence-corrected chi connectivity index (χ2v) is 12.5. The second kappa shape index (κ2) is 8.87. The van der Waals surface area contributed by atoms with Crippen molar-refractivity contribution in [1.82, 2.24) is 5.32 Å². The van der Waals surface area contributed by atoms with E-state index in [1.54, 1.807) is 11.8 Å². The van der Waals surface area contributed by atoms with Gasteiger partial charge in [-0.25, -0.2) is 0 Å². The van der Waals surface area contributed by atoms with Gasteiger partial charge in [0.05, 0.1) is 6.10 Å². The Labute approximate surface area is 190 Å². The molecule has 6 heteroatoms. The van der Waals surface area contributed by atoms with Gasteiger partial charge in [0.25, 0.3) is 0 Å². The third-order valence-electron chi connectivity index (χ3n) is 6.17. The van der Waals surface area contributed by atoms with Gasteiger partial charge in [-0.1, -0.05) is 58.9 Å². The molecule has 4 nitrogen and oxygen atoms in total. The number of rotatable bonds is 7. The van der Waals surface area contributed by atoms with Crippen molar-refractivity contribution < 1.29 is 14.3 Å². The number of ketones is 1. The van der Waals surface area contributed by atoms with Gasteiger partial charge in [-0.15, -0.1) is 11.8 Å². The van der Waals surface area contributed by atoms with Crippen LogP contribution in [0, 0.1) is 5.92 Å². The average Bonchev–Trinajstić information content (AvgIpc) is 3.19. The van der Waals surface area contributed by atoms with Crippen molar-refractivity contribution in [2.45, 2.75) is 87.2 Å². The van der Waals surface area contributed by atoms with Gasteiger partial charge in [0, 0.05) is 5.75 Å². The Bertz CT molecular complexity index is 787. The molecule has 0 aromatic heterocycles. The normalized spacial score (nSPS) is 26.0. The predicted octanol–water partition coefficient (Wildman–Crippen LogP) is 4.90. The smallest absolute Gasteiger partial charge is 0.247 e. The van der Waals surface area contributed by atoms with Gasteiger partial charge in [-0.2, -0.15) is 12.6 Å². The maximum absolute atomic E-state index is 13.4. The largest absolute Gasteiger partial charge is 0.367 e. The molecule has 1 aromatic carbocycles. The summed E-state index contributed by atoms with van der Waals surface area (Å²) in [4.78, 5) is 26.0. The standard InChI is InChI=1S/C24H35NO3S2/c1-16(2)13-24(29,30-15-17-8-10-18(11-9-17)22(3,4)5)21(27)25-23-12-6-7-20(23)28-14-19(23)26/h8-11,16,20,29H,6-7,12-15H2,1-5H3,(H,25,27)/t20-,23+,24-/m1/s1. The highest BCUT2D eigenvalue weighted by Gasteiger charge is 2.56. The molecule has 1 saturated heterocycles. The second-order valence-electron chi connectivity index (χ2n) is 10.2. The van der Waals surface area contributed by atoms with Crippen LogP contribution in [0.15, 0.2) is 24.3 Å². The maximum Gasteiger partial charge on any atom is 0.247 e. The fraction of sp³-hybridized carbons (Fsp3) is 0.667. The summed E-state index contributed by atoms with van der Waals surface area (Å²) in [6, 6.07) is 8.59. The Balaban J connectivity index is 1.73. The van der Waals surface area contributed by atoms with Crippen LogP contribution < -0.4 is 5.32 Å². The number of hydrogen-bond donors (Lipinski definition) is 2. The van der Waals surface area contributed by atoms with E-state index < -0.39 is 9.62 Å². The minimum Gasteiger partial charge on any atom is -0.367 e. The van der Waals surface area contributed by atoms with Crippen molar-refractivity contribution in [3.63, 3.8) is 0 Å². The van der Waals surface area contributed by atoms with Crippen LogP contribution in [0.2, 0.25) is 0 Å². The van der Waals surface area contributed by atoms with Crippen molar-refractivity contribution >= 4 is 36.1 Å². The first-order valence-corrected chi connectivity index (χ1v) is 12.3. The van der Waals surface area contributed by atoms with E-state index >= 15 is 0 Å². The van der Waals surface area contributed by atoms with Crippen LogP contribution in [0.1, 0.15) is 71.4 Å². The molecule has 166 valence electrons. The predicted molar refractivity (Wildman–Crippen MR) is 127 cm³/mol. The number of hydrogen-bond acceptors (Lipinski definition) is 5. The molecule has 1 amide bonds. The highest BCUT2D eigenvalue weighted by Crippen LogP contribution is 2.42. The molecule has 1 aromatic rings. The molecular weight excluding hydrogens is 414 g/mol. The Morgan fingerprint density at radius 3 is 2.57 bits per heavy atom. The van der Waals surface area contributed by atoms with Gasteiger partial charge in [0.2, 0.25) is 5.91 Å². The van der Waals surface area contributed by atoms with Gasteiger partial charge in [0.15, 0.2) is 5.78 Å². The topological polar surface area (TPSA) is 55.4 Å². The highest BCUT2D eigenvalue weighted by atomic mass is 32.2.